The normalized spacial score (nSPS) is 28.2. The fourth-order valence-corrected chi connectivity index (χ4v) is 0.797. The quantitative estimate of drug-likeness (QED) is 0.517. The summed E-state index contributed by atoms with van der Waals surface area (Å²) in [5, 5.41) is 8.78. The van der Waals surface area contributed by atoms with Crippen LogP contribution in [0.2, 0.25) is 0 Å². The fraction of sp³-hybridized carbons (Fsp3) is 0.667. The zero-order valence-electron chi connectivity index (χ0n) is 4.76. The summed E-state index contributed by atoms with van der Waals surface area (Å²) in [6.07, 6.45) is 0.926. The first-order valence-electron chi connectivity index (χ1n) is 2.76. The first kappa shape index (κ1) is 5.63. The minimum atomic E-state index is 0.204. The van der Waals surface area contributed by atoms with E-state index in [1.54, 1.807) is 0 Å². The maximum Gasteiger partial charge on any atom is 0.0905 e. The predicted molar refractivity (Wildman–Crippen MR) is 30.7 cm³/mol. The summed E-state index contributed by atoms with van der Waals surface area (Å²) in [6, 6.07) is 0. The lowest BCUT2D eigenvalue weighted by Gasteiger charge is -2.01. The molecule has 1 N–H and O–H groups in total. The van der Waals surface area contributed by atoms with Gasteiger partial charge in [-0.05, 0) is 6.42 Å². The molecule has 0 amide bonds. The molecule has 1 saturated heterocycles. The largest absolute Gasteiger partial charge is 0.513 e. The molecule has 8 heavy (non-hydrogen) atoms. The monoisotopic (exact) mass is 114 g/mol. The Kier molecular flexibility index (Phi) is 1.53. The molecule has 0 spiro atoms. The van der Waals surface area contributed by atoms with Crippen molar-refractivity contribution in [3.05, 3.63) is 12.3 Å². The first-order chi connectivity index (χ1) is 3.80. The molecule has 2 nitrogen and oxygen atoms in total. The standard InChI is InChI=1S/C6H10O2/c1-5(7)6-2-3-8-4-6/h6-7H,1-4H2/t6-/m0/s1. The van der Waals surface area contributed by atoms with Crippen LogP contribution in [0, 0.1) is 5.92 Å². The molecule has 46 valence electrons. The molecule has 0 unspecified atom stereocenters. The number of aliphatic hydroxyl groups is 1. The summed E-state index contributed by atoms with van der Waals surface area (Å²) in [5.74, 6) is 0.470. The van der Waals surface area contributed by atoms with Crippen LogP contribution >= 0.6 is 0 Å². The van der Waals surface area contributed by atoms with Gasteiger partial charge in [0.05, 0.1) is 12.4 Å². The van der Waals surface area contributed by atoms with Crippen LogP contribution in [0.1, 0.15) is 6.42 Å². The molecule has 0 aromatic heterocycles. The Bertz CT molecular complexity index is 92.7. The van der Waals surface area contributed by atoms with Gasteiger partial charge in [0.25, 0.3) is 0 Å². The molecule has 1 atom stereocenters. The molecule has 0 aromatic rings. The van der Waals surface area contributed by atoms with Gasteiger partial charge < -0.3 is 9.84 Å². The molecule has 0 aromatic carbocycles. The molecular weight excluding hydrogens is 104 g/mol. The van der Waals surface area contributed by atoms with Crippen LogP contribution in [-0.2, 0) is 4.74 Å². The van der Waals surface area contributed by atoms with Crippen molar-refractivity contribution in [3.63, 3.8) is 0 Å². The molecule has 0 radical (unpaired) electrons. The SMILES string of the molecule is C=C(O)[C@H]1CCOC1. The molecule has 1 rings (SSSR count). The van der Waals surface area contributed by atoms with Crippen LogP contribution in [-0.4, -0.2) is 18.3 Å². The minimum Gasteiger partial charge on any atom is -0.513 e. The van der Waals surface area contributed by atoms with Crippen molar-refractivity contribution in [2.45, 2.75) is 6.42 Å². The van der Waals surface area contributed by atoms with E-state index >= 15 is 0 Å². The van der Waals surface area contributed by atoms with Gasteiger partial charge in [0.2, 0.25) is 0 Å². The number of hydrogen-bond donors (Lipinski definition) is 1. The molecule has 0 aliphatic carbocycles. The molecule has 1 heterocycles. The van der Waals surface area contributed by atoms with Crippen LogP contribution < -0.4 is 0 Å². The highest BCUT2D eigenvalue weighted by molar-refractivity contribution is 4.90. The van der Waals surface area contributed by atoms with Gasteiger partial charge in [0, 0.05) is 12.5 Å². The average molecular weight is 114 g/mol. The third-order valence-corrected chi connectivity index (χ3v) is 1.40. The van der Waals surface area contributed by atoms with Crippen LogP contribution in [0.25, 0.3) is 0 Å². The zero-order chi connectivity index (χ0) is 5.98. The van der Waals surface area contributed by atoms with Crippen LogP contribution in [0.4, 0.5) is 0 Å². The summed E-state index contributed by atoms with van der Waals surface area (Å²) in [6.45, 7) is 4.83. The highest BCUT2D eigenvalue weighted by Crippen LogP contribution is 2.17. The van der Waals surface area contributed by atoms with Gasteiger partial charge >= 0.3 is 0 Å². The van der Waals surface area contributed by atoms with E-state index in [4.69, 9.17) is 9.84 Å². The van der Waals surface area contributed by atoms with E-state index in [1.807, 2.05) is 0 Å². The Hall–Kier alpha value is -0.500. The first-order valence-corrected chi connectivity index (χ1v) is 2.76. The lowest BCUT2D eigenvalue weighted by Crippen LogP contribution is -2.00. The second kappa shape index (κ2) is 2.18. The molecule has 1 aliphatic rings. The number of hydrogen-bond acceptors (Lipinski definition) is 2. The third kappa shape index (κ3) is 1.01. The number of aliphatic hydroxyl groups excluding tert-OH is 1. The zero-order valence-corrected chi connectivity index (χ0v) is 4.76. The van der Waals surface area contributed by atoms with Gasteiger partial charge in [-0.25, -0.2) is 0 Å². The maximum atomic E-state index is 8.78. The summed E-state index contributed by atoms with van der Waals surface area (Å²) in [7, 11) is 0. The molecule has 1 aliphatic heterocycles. The van der Waals surface area contributed by atoms with E-state index in [1.165, 1.54) is 0 Å². The van der Waals surface area contributed by atoms with Crippen LogP contribution in [0.5, 0.6) is 0 Å². The Labute approximate surface area is 48.8 Å². The van der Waals surface area contributed by atoms with Gasteiger partial charge in [-0.1, -0.05) is 6.58 Å². The Morgan fingerprint density at radius 2 is 2.50 bits per heavy atom. The molecule has 1 fully saturated rings. The van der Waals surface area contributed by atoms with Crippen molar-refractivity contribution in [1.82, 2.24) is 0 Å². The second-order valence-corrected chi connectivity index (χ2v) is 2.05. The van der Waals surface area contributed by atoms with E-state index in [0.717, 1.165) is 13.0 Å². The summed E-state index contributed by atoms with van der Waals surface area (Å²) in [5.41, 5.74) is 0. The lowest BCUT2D eigenvalue weighted by molar-refractivity contribution is 0.182. The van der Waals surface area contributed by atoms with Crippen molar-refractivity contribution in [2.24, 2.45) is 5.92 Å². The fourth-order valence-electron chi connectivity index (χ4n) is 0.797. The average Bonchev–Trinajstić information content (AvgIpc) is 2.12. The van der Waals surface area contributed by atoms with Gasteiger partial charge in [-0.3, -0.25) is 0 Å². The highest BCUT2D eigenvalue weighted by Gasteiger charge is 2.17. The van der Waals surface area contributed by atoms with Gasteiger partial charge in [-0.15, -0.1) is 0 Å². The Morgan fingerprint density at radius 3 is 2.75 bits per heavy atom. The van der Waals surface area contributed by atoms with Gasteiger partial charge in [0.1, 0.15) is 0 Å². The van der Waals surface area contributed by atoms with Crippen molar-refractivity contribution >= 4 is 0 Å². The predicted octanol–water partition coefficient (Wildman–Crippen LogP) is 1.09. The van der Waals surface area contributed by atoms with Crippen molar-refractivity contribution in [1.29, 1.82) is 0 Å². The van der Waals surface area contributed by atoms with Crippen molar-refractivity contribution in [2.75, 3.05) is 13.2 Å². The molecule has 2 heteroatoms. The summed E-state index contributed by atoms with van der Waals surface area (Å²) >= 11 is 0. The molecular formula is C6H10O2. The van der Waals surface area contributed by atoms with Gasteiger partial charge in [0.15, 0.2) is 0 Å². The van der Waals surface area contributed by atoms with E-state index in [0.29, 0.717) is 6.61 Å². The number of rotatable bonds is 1. The number of ether oxygens (including phenoxy) is 1. The van der Waals surface area contributed by atoms with E-state index in [-0.39, 0.29) is 11.7 Å². The summed E-state index contributed by atoms with van der Waals surface area (Å²) < 4.78 is 5.00. The maximum absolute atomic E-state index is 8.78. The smallest absolute Gasteiger partial charge is 0.0905 e. The van der Waals surface area contributed by atoms with Crippen molar-refractivity contribution in [3.8, 4) is 0 Å². The van der Waals surface area contributed by atoms with Crippen LogP contribution in [0.15, 0.2) is 12.3 Å². The lowest BCUT2D eigenvalue weighted by atomic mass is 10.1. The molecule has 0 bridgehead atoms. The van der Waals surface area contributed by atoms with E-state index in [9.17, 15) is 0 Å². The van der Waals surface area contributed by atoms with Crippen LogP contribution in [0.3, 0.4) is 0 Å². The minimum absolute atomic E-state index is 0.204. The van der Waals surface area contributed by atoms with E-state index < -0.39 is 0 Å². The van der Waals surface area contributed by atoms with Crippen molar-refractivity contribution < 1.29 is 9.84 Å². The second-order valence-electron chi connectivity index (χ2n) is 2.05. The van der Waals surface area contributed by atoms with Gasteiger partial charge in [-0.2, -0.15) is 0 Å². The third-order valence-electron chi connectivity index (χ3n) is 1.40. The Morgan fingerprint density at radius 1 is 1.75 bits per heavy atom. The Balaban J connectivity index is 2.35. The van der Waals surface area contributed by atoms with E-state index in [2.05, 4.69) is 6.58 Å². The molecule has 0 saturated carbocycles. The topological polar surface area (TPSA) is 29.5 Å². The summed E-state index contributed by atoms with van der Waals surface area (Å²) in [4.78, 5) is 0. The highest BCUT2D eigenvalue weighted by atomic mass is 16.5.